The minimum Gasteiger partial charge on any atom is -0.455 e. The third kappa shape index (κ3) is 4.99. The lowest BCUT2D eigenvalue weighted by molar-refractivity contribution is 0.670. The van der Waals surface area contributed by atoms with Gasteiger partial charge in [0.15, 0.2) is 0 Å². The van der Waals surface area contributed by atoms with Gasteiger partial charge in [0.25, 0.3) is 0 Å². The summed E-state index contributed by atoms with van der Waals surface area (Å²) in [6.07, 6.45) is 0. The number of anilines is 3. The molecule has 0 N–H and O–H groups in total. The third-order valence-electron chi connectivity index (χ3n) is 12.0. The molecule has 0 radical (unpaired) electrons. The molecule has 11 aromatic carbocycles. The van der Waals surface area contributed by atoms with Crippen LogP contribution in [-0.2, 0) is 0 Å². The Labute approximate surface area is 335 Å². The number of furan rings is 1. The summed E-state index contributed by atoms with van der Waals surface area (Å²) in [5.74, 6) is 0. The van der Waals surface area contributed by atoms with Crippen molar-refractivity contribution >= 4 is 92.9 Å². The first-order chi connectivity index (χ1) is 28.8. The molecule has 0 bridgehead atoms. The van der Waals surface area contributed by atoms with E-state index in [1.54, 1.807) is 0 Å². The second kappa shape index (κ2) is 12.9. The lowest BCUT2D eigenvalue weighted by atomic mass is 9.93. The second-order valence-corrected chi connectivity index (χ2v) is 15.2. The van der Waals surface area contributed by atoms with Crippen LogP contribution in [0.2, 0.25) is 0 Å². The minimum absolute atomic E-state index is 0.869. The van der Waals surface area contributed by atoms with Gasteiger partial charge >= 0.3 is 0 Å². The van der Waals surface area contributed by atoms with Crippen LogP contribution in [0.25, 0.3) is 98.1 Å². The zero-order chi connectivity index (χ0) is 38.2. The zero-order valence-corrected chi connectivity index (χ0v) is 31.6. The van der Waals surface area contributed by atoms with Crippen molar-refractivity contribution in [2.24, 2.45) is 0 Å². The van der Waals surface area contributed by atoms with Gasteiger partial charge in [-0.05, 0) is 108 Å². The van der Waals surface area contributed by atoms with Gasteiger partial charge in [0.1, 0.15) is 11.2 Å². The zero-order valence-electron chi connectivity index (χ0n) is 31.6. The Bertz CT molecular complexity index is 3570. The van der Waals surface area contributed by atoms with Crippen molar-refractivity contribution in [2.45, 2.75) is 0 Å². The van der Waals surface area contributed by atoms with Crippen LogP contribution in [0.3, 0.4) is 0 Å². The molecule has 0 aliphatic carbocycles. The van der Waals surface area contributed by atoms with Crippen LogP contribution < -0.4 is 4.90 Å². The van der Waals surface area contributed by atoms with Crippen LogP contribution in [-0.4, -0.2) is 0 Å². The van der Waals surface area contributed by atoms with Gasteiger partial charge < -0.3 is 9.32 Å². The molecular formula is C56H35NO. The summed E-state index contributed by atoms with van der Waals surface area (Å²) in [6.45, 7) is 0. The van der Waals surface area contributed by atoms with Gasteiger partial charge in [0.05, 0.1) is 16.8 Å². The lowest BCUT2D eigenvalue weighted by Crippen LogP contribution is -2.11. The Hall–Kier alpha value is -7.68. The van der Waals surface area contributed by atoms with E-state index < -0.39 is 0 Å². The Morgan fingerprint density at radius 3 is 1.71 bits per heavy atom. The number of para-hydroxylation sites is 1. The van der Waals surface area contributed by atoms with Crippen LogP contribution in [0.15, 0.2) is 217 Å². The first-order valence-electron chi connectivity index (χ1n) is 19.9. The number of rotatable bonds is 5. The molecule has 12 aromatic rings. The molecule has 1 heterocycles. The maximum atomic E-state index is 6.92. The fourth-order valence-corrected chi connectivity index (χ4v) is 9.38. The summed E-state index contributed by atoms with van der Waals surface area (Å²) >= 11 is 0. The van der Waals surface area contributed by atoms with Crippen molar-refractivity contribution in [3.8, 4) is 22.3 Å². The quantitative estimate of drug-likeness (QED) is 0.164. The Morgan fingerprint density at radius 2 is 0.897 bits per heavy atom. The maximum absolute atomic E-state index is 6.92. The van der Waals surface area contributed by atoms with E-state index >= 15 is 0 Å². The molecule has 1 aromatic heterocycles. The highest BCUT2D eigenvalue weighted by atomic mass is 16.3. The molecule has 0 saturated heterocycles. The van der Waals surface area contributed by atoms with Gasteiger partial charge in [-0.2, -0.15) is 0 Å². The highest BCUT2D eigenvalue weighted by molar-refractivity contribution is 6.20. The van der Waals surface area contributed by atoms with Crippen molar-refractivity contribution in [2.75, 3.05) is 4.90 Å². The lowest BCUT2D eigenvalue weighted by Gasteiger charge is -2.28. The summed E-state index contributed by atoms with van der Waals surface area (Å²) < 4.78 is 6.92. The second-order valence-electron chi connectivity index (χ2n) is 15.2. The van der Waals surface area contributed by atoms with Crippen molar-refractivity contribution in [3.05, 3.63) is 212 Å². The third-order valence-corrected chi connectivity index (χ3v) is 12.0. The van der Waals surface area contributed by atoms with Crippen LogP contribution in [0, 0.1) is 0 Å². The summed E-state index contributed by atoms with van der Waals surface area (Å²) in [4.78, 5) is 2.44. The molecule has 0 spiro atoms. The minimum atomic E-state index is 0.869. The van der Waals surface area contributed by atoms with Crippen LogP contribution >= 0.6 is 0 Å². The molecule has 2 heteroatoms. The first-order valence-corrected chi connectivity index (χ1v) is 19.9. The number of hydrogen-bond donors (Lipinski definition) is 0. The molecule has 12 rings (SSSR count). The van der Waals surface area contributed by atoms with E-state index in [1.807, 2.05) is 0 Å². The monoisotopic (exact) mass is 737 g/mol. The average Bonchev–Trinajstić information content (AvgIpc) is 3.69. The fraction of sp³-hybridized carbons (Fsp3) is 0. The van der Waals surface area contributed by atoms with E-state index in [-0.39, 0.29) is 0 Å². The number of hydrogen-bond acceptors (Lipinski definition) is 2. The molecular weight excluding hydrogens is 703 g/mol. The smallest absolute Gasteiger partial charge is 0.145 e. The average molecular weight is 738 g/mol. The molecule has 58 heavy (non-hydrogen) atoms. The highest BCUT2D eigenvalue weighted by Gasteiger charge is 2.24. The van der Waals surface area contributed by atoms with E-state index in [9.17, 15) is 0 Å². The van der Waals surface area contributed by atoms with Crippen molar-refractivity contribution < 1.29 is 4.42 Å². The van der Waals surface area contributed by atoms with Crippen molar-refractivity contribution in [1.29, 1.82) is 0 Å². The Morgan fingerprint density at radius 1 is 0.310 bits per heavy atom. The molecule has 0 aliphatic rings. The molecule has 2 nitrogen and oxygen atoms in total. The van der Waals surface area contributed by atoms with E-state index in [0.29, 0.717) is 0 Å². The fourth-order valence-electron chi connectivity index (χ4n) is 9.38. The summed E-state index contributed by atoms with van der Waals surface area (Å²) in [7, 11) is 0. The molecule has 0 fully saturated rings. The predicted octanol–water partition coefficient (Wildman–Crippen LogP) is 16.2. The van der Waals surface area contributed by atoms with E-state index in [2.05, 4.69) is 217 Å². The number of nitrogens with zero attached hydrogens (tertiary/aromatic N) is 1. The Balaban J connectivity index is 1.13. The molecule has 0 saturated carbocycles. The topological polar surface area (TPSA) is 16.4 Å². The van der Waals surface area contributed by atoms with Gasteiger partial charge in [-0.15, -0.1) is 0 Å². The van der Waals surface area contributed by atoms with Crippen molar-refractivity contribution in [3.63, 3.8) is 0 Å². The SMILES string of the molecule is c1ccc2c(-c3ccc(N(c4ccc(-c5cc6ccccc6c6ccccc56)cc4)c4cccc5c4ccc4ccccc45)c4c3oc3ccccc34)cccc2c1. The Kier molecular flexibility index (Phi) is 7.26. The molecule has 0 unspecified atom stereocenters. The normalized spacial score (nSPS) is 11.8. The number of fused-ring (bicyclic) bond motifs is 10. The largest absolute Gasteiger partial charge is 0.455 e. The first kappa shape index (κ1) is 32.6. The number of benzene rings is 11. The summed E-state index contributed by atoms with van der Waals surface area (Å²) in [5, 5.41) is 14.5. The van der Waals surface area contributed by atoms with Gasteiger partial charge in [0, 0.05) is 22.0 Å². The van der Waals surface area contributed by atoms with E-state index in [1.165, 1.54) is 65.0 Å². The van der Waals surface area contributed by atoms with Gasteiger partial charge in [0.2, 0.25) is 0 Å². The van der Waals surface area contributed by atoms with Gasteiger partial charge in [-0.1, -0.05) is 170 Å². The van der Waals surface area contributed by atoms with Crippen LogP contribution in [0.1, 0.15) is 0 Å². The standard InChI is InChI=1S/C56H35NO/c1-4-17-41-36(13-1)16-11-23-46(41)49-33-34-53(55-50-22-9-10-26-54(50)58-56(49)55)57(52-25-12-24-45-42-18-5-2-14-37(42)29-32-48(45)52)40-30-27-38(28-31-40)51-35-39-15-3-6-19-43(39)44-20-7-8-21-47(44)51/h1-35H. The van der Waals surface area contributed by atoms with Gasteiger partial charge in [-0.3, -0.25) is 0 Å². The summed E-state index contributed by atoms with van der Waals surface area (Å²) in [6, 6.07) is 77.0. The highest BCUT2D eigenvalue weighted by Crippen LogP contribution is 2.49. The molecule has 0 aliphatic heterocycles. The van der Waals surface area contributed by atoms with E-state index in [0.717, 1.165) is 50.1 Å². The molecule has 0 atom stereocenters. The van der Waals surface area contributed by atoms with Crippen LogP contribution in [0.5, 0.6) is 0 Å². The maximum Gasteiger partial charge on any atom is 0.145 e. The molecule has 270 valence electrons. The van der Waals surface area contributed by atoms with E-state index in [4.69, 9.17) is 4.42 Å². The molecule has 0 amide bonds. The predicted molar refractivity (Wildman–Crippen MR) is 247 cm³/mol. The summed E-state index contributed by atoms with van der Waals surface area (Å²) in [5.41, 5.74) is 9.63. The van der Waals surface area contributed by atoms with Gasteiger partial charge in [-0.25, -0.2) is 0 Å². The van der Waals surface area contributed by atoms with Crippen molar-refractivity contribution in [1.82, 2.24) is 0 Å². The van der Waals surface area contributed by atoms with Crippen LogP contribution in [0.4, 0.5) is 17.1 Å².